The first-order valence-electron chi connectivity index (χ1n) is 7.34. The monoisotopic (exact) mass is 321 g/mol. The molecular formula is C14H22F3N3S. The number of nitrogens with one attached hydrogen (secondary N) is 1. The molecule has 1 aromatic heterocycles. The molecule has 21 heavy (non-hydrogen) atoms. The Balaban J connectivity index is 2.15. The summed E-state index contributed by atoms with van der Waals surface area (Å²) in [4.78, 5) is 6.83. The zero-order valence-electron chi connectivity index (χ0n) is 12.6. The highest BCUT2D eigenvalue weighted by Gasteiger charge is 2.32. The number of anilines is 1. The molecule has 1 saturated carbocycles. The van der Waals surface area contributed by atoms with Crippen molar-refractivity contribution >= 4 is 16.5 Å². The van der Waals surface area contributed by atoms with Crippen LogP contribution in [0.2, 0.25) is 0 Å². The van der Waals surface area contributed by atoms with Gasteiger partial charge in [-0.3, -0.25) is 0 Å². The summed E-state index contributed by atoms with van der Waals surface area (Å²) in [6.45, 7) is 5.85. The van der Waals surface area contributed by atoms with E-state index in [9.17, 15) is 13.2 Å². The third kappa shape index (κ3) is 4.85. The summed E-state index contributed by atoms with van der Waals surface area (Å²) < 4.78 is 37.9. The van der Waals surface area contributed by atoms with Crippen LogP contribution in [0.25, 0.3) is 0 Å². The van der Waals surface area contributed by atoms with Crippen molar-refractivity contribution in [2.45, 2.75) is 58.3 Å². The number of hydrogen-bond acceptors (Lipinski definition) is 4. The summed E-state index contributed by atoms with van der Waals surface area (Å²) in [6, 6.07) is 0.577. The maximum atomic E-state index is 12.6. The fraction of sp³-hybridized carbons (Fsp3) is 0.786. The molecule has 0 aliphatic heterocycles. The van der Waals surface area contributed by atoms with E-state index in [1.165, 1.54) is 29.1 Å². The molecule has 0 saturated heterocycles. The lowest BCUT2D eigenvalue weighted by Crippen LogP contribution is -2.34. The Bertz CT molecular complexity index is 467. The summed E-state index contributed by atoms with van der Waals surface area (Å²) in [7, 11) is 0. The number of thiazole rings is 1. The van der Waals surface area contributed by atoms with Crippen LogP contribution >= 0.6 is 11.3 Å². The van der Waals surface area contributed by atoms with E-state index in [2.05, 4.69) is 10.3 Å². The van der Waals surface area contributed by atoms with E-state index in [1.54, 1.807) is 6.92 Å². The van der Waals surface area contributed by atoms with Crippen LogP contribution in [0.15, 0.2) is 0 Å². The molecule has 0 atom stereocenters. The normalized spacial score (nSPS) is 15.8. The molecule has 3 nitrogen and oxygen atoms in total. The van der Waals surface area contributed by atoms with E-state index in [1.807, 2.05) is 13.8 Å². The van der Waals surface area contributed by atoms with Crippen molar-refractivity contribution in [2.24, 2.45) is 0 Å². The summed E-state index contributed by atoms with van der Waals surface area (Å²) in [5.74, 6) is 0.218. The highest BCUT2D eigenvalue weighted by atomic mass is 32.1. The van der Waals surface area contributed by atoms with E-state index in [0.29, 0.717) is 24.3 Å². The predicted octanol–water partition coefficient (Wildman–Crippen LogP) is 3.91. The van der Waals surface area contributed by atoms with Crippen LogP contribution in [0.5, 0.6) is 0 Å². The Morgan fingerprint density at radius 2 is 2.05 bits per heavy atom. The van der Waals surface area contributed by atoms with Gasteiger partial charge in [0, 0.05) is 24.0 Å². The molecule has 1 aliphatic carbocycles. The predicted molar refractivity (Wildman–Crippen MR) is 80.0 cm³/mol. The molecular weight excluding hydrogens is 299 g/mol. The summed E-state index contributed by atoms with van der Waals surface area (Å²) >= 11 is 1.38. The number of hydrogen-bond donors (Lipinski definition) is 1. The van der Waals surface area contributed by atoms with E-state index >= 15 is 0 Å². The standard InChI is InChI=1S/C14H22F3N3S/c1-4-20(8-14(15,16)17)13-19-12(9(2)3)11(21-13)7-18-10-5-6-10/h9-10,18H,4-8H2,1-3H3. The maximum Gasteiger partial charge on any atom is 0.406 e. The van der Waals surface area contributed by atoms with Gasteiger partial charge in [0.25, 0.3) is 0 Å². The van der Waals surface area contributed by atoms with Gasteiger partial charge in [0.2, 0.25) is 0 Å². The average Bonchev–Trinajstić information content (AvgIpc) is 3.10. The van der Waals surface area contributed by atoms with E-state index in [-0.39, 0.29) is 5.92 Å². The van der Waals surface area contributed by atoms with Gasteiger partial charge in [0.05, 0.1) is 5.69 Å². The molecule has 0 unspecified atom stereocenters. The van der Waals surface area contributed by atoms with E-state index in [0.717, 1.165) is 10.6 Å². The highest BCUT2D eigenvalue weighted by molar-refractivity contribution is 7.15. The number of halogens is 3. The van der Waals surface area contributed by atoms with Crippen LogP contribution in [-0.4, -0.2) is 30.3 Å². The Morgan fingerprint density at radius 1 is 1.38 bits per heavy atom. The third-order valence-electron chi connectivity index (χ3n) is 3.41. The molecule has 7 heteroatoms. The van der Waals surface area contributed by atoms with Crippen LogP contribution in [-0.2, 0) is 6.54 Å². The molecule has 0 radical (unpaired) electrons. The number of aromatic nitrogens is 1. The number of rotatable bonds is 7. The second-order valence-electron chi connectivity index (χ2n) is 5.74. The molecule has 0 bridgehead atoms. The molecule has 0 amide bonds. The largest absolute Gasteiger partial charge is 0.406 e. The van der Waals surface area contributed by atoms with Crippen LogP contribution in [0.3, 0.4) is 0 Å². The van der Waals surface area contributed by atoms with Crippen molar-refractivity contribution in [3.63, 3.8) is 0 Å². The number of alkyl halides is 3. The first kappa shape index (κ1) is 16.5. The molecule has 0 aromatic carbocycles. The minimum absolute atomic E-state index is 0.218. The third-order valence-corrected chi connectivity index (χ3v) is 4.55. The zero-order chi connectivity index (χ0) is 15.6. The second kappa shape index (κ2) is 6.52. The Labute approximate surface area is 127 Å². The van der Waals surface area contributed by atoms with Gasteiger partial charge in [0.1, 0.15) is 6.54 Å². The lowest BCUT2D eigenvalue weighted by molar-refractivity contribution is -0.119. The molecule has 0 spiro atoms. The quantitative estimate of drug-likeness (QED) is 0.825. The van der Waals surface area contributed by atoms with Gasteiger partial charge in [0.15, 0.2) is 5.13 Å². The van der Waals surface area contributed by atoms with Gasteiger partial charge in [-0.15, -0.1) is 11.3 Å². The molecule has 1 fully saturated rings. The zero-order valence-corrected chi connectivity index (χ0v) is 13.4. The van der Waals surface area contributed by atoms with Gasteiger partial charge in [-0.25, -0.2) is 4.98 Å². The maximum absolute atomic E-state index is 12.6. The Kier molecular flexibility index (Phi) is 5.14. The van der Waals surface area contributed by atoms with Crippen molar-refractivity contribution in [1.82, 2.24) is 10.3 Å². The molecule has 120 valence electrons. The van der Waals surface area contributed by atoms with Gasteiger partial charge >= 0.3 is 6.18 Å². The number of nitrogens with zero attached hydrogens (tertiary/aromatic N) is 2. The molecule has 2 rings (SSSR count). The first-order valence-corrected chi connectivity index (χ1v) is 8.16. The van der Waals surface area contributed by atoms with Crippen LogP contribution in [0.1, 0.15) is 50.1 Å². The smallest absolute Gasteiger partial charge is 0.339 e. The lowest BCUT2D eigenvalue weighted by Gasteiger charge is -2.21. The Hall–Kier alpha value is -0.820. The second-order valence-corrected chi connectivity index (χ2v) is 6.81. The van der Waals surface area contributed by atoms with Crippen molar-refractivity contribution in [2.75, 3.05) is 18.0 Å². The van der Waals surface area contributed by atoms with Gasteiger partial charge in [-0.1, -0.05) is 13.8 Å². The van der Waals surface area contributed by atoms with Crippen LogP contribution in [0.4, 0.5) is 18.3 Å². The summed E-state index contributed by atoms with van der Waals surface area (Å²) in [5.41, 5.74) is 0.920. The van der Waals surface area contributed by atoms with E-state index in [4.69, 9.17) is 0 Å². The minimum atomic E-state index is -4.20. The average molecular weight is 321 g/mol. The first-order chi connectivity index (χ1) is 9.80. The molecule has 1 aliphatic rings. The topological polar surface area (TPSA) is 28.2 Å². The van der Waals surface area contributed by atoms with Gasteiger partial charge in [-0.05, 0) is 25.7 Å². The van der Waals surface area contributed by atoms with Crippen LogP contribution < -0.4 is 10.2 Å². The lowest BCUT2D eigenvalue weighted by atomic mass is 10.1. The van der Waals surface area contributed by atoms with Crippen molar-refractivity contribution in [1.29, 1.82) is 0 Å². The minimum Gasteiger partial charge on any atom is -0.339 e. The molecule has 1 N–H and O–H groups in total. The molecule has 1 aromatic rings. The Morgan fingerprint density at radius 3 is 2.52 bits per heavy atom. The van der Waals surface area contributed by atoms with Crippen LogP contribution in [0, 0.1) is 0 Å². The fourth-order valence-corrected chi connectivity index (χ4v) is 3.35. The van der Waals surface area contributed by atoms with Crippen molar-refractivity contribution < 1.29 is 13.2 Å². The summed E-state index contributed by atoms with van der Waals surface area (Å²) in [5, 5.41) is 3.89. The highest BCUT2D eigenvalue weighted by Crippen LogP contribution is 2.33. The van der Waals surface area contributed by atoms with Gasteiger partial charge in [-0.2, -0.15) is 13.2 Å². The van der Waals surface area contributed by atoms with Crippen molar-refractivity contribution in [3.8, 4) is 0 Å². The molecule has 1 heterocycles. The van der Waals surface area contributed by atoms with Crippen molar-refractivity contribution in [3.05, 3.63) is 10.6 Å². The van der Waals surface area contributed by atoms with Gasteiger partial charge < -0.3 is 10.2 Å². The SMILES string of the molecule is CCN(CC(F)(F)F)c1nc(C(C)C)c(CNC2CC2)s1. The summed E-state index contributed by atoms with van der Waals surface area (Å²) in [6.07, 6.45) is -1.82. The fourth-order valence-electron chi connectivity index (χ4n) is 2.12. The van der Waals surface area contributed by atoms with E-state index < -0.39 is 12.7 Å².